The van der Waals surface area contributed by atoms with Crippen LogP contribution in [-0.2, 0) is 6.42 Å². The zero-order chi connectivity index (χ0) is 13.7. The zero-order valence-corrected chi connectivity index (χ0v) is 10.2. The second kappa shape index (κ2) is 5.94. The second-order valence-electron chi connectivity index (χ2n) is 4.02. The van der Waals surface area contributed by atoms with Gasteiger partial charge in [-0.1, -0.05) is 0 Å². The van der Waals surface area contributed by atoms with Gasteiger partial charge in [-0.15, -0.1) is 0 Å². The van der Waals surface area contributed by atoms with Gasteiger partial charge in [0.15, 0.2) is 0 Å². The molecular weight excluding hydrogens is 249 g/mol. The standard InChI is InChI=1S/C12H14FN5O/c13-8-3-4-9(10(14)6-8)12(19)15-5-1-2-11-16-7-17-18-11/h3-4,6-7H,1-2,5,14H2,(H,15,19)(H,16,17,18). The van der Waals surface area contributed by atoms with Crippen molar-refractivity contribution in [2.75, 3.05) is 12.3 Å². The average Bonchev–Trinajstić information content (AvgIpc) is 2.87. The van der Waals surface area contributed by atoms with Crippen LogP contribution in [0.4, 0.5) is 10.1 Å². The number of aromatic amines is 1. The molecule has 6 nitrogen and oxygen atoms in total. The number of halogens is 1. The minimum absolute atomic E-state index is 0.132. The molecule has 0 aliphatic carbocycles. The number of aryl methyl sites for hydroxylation is 1. The lowest BCUT2D eigenvalue weighted by molar-refractivity contribution is 0.0954. The first kappa shape index (κ1) is 13.0. The lowest BCUT2D eigenvalue weighted by atomic mass is 10.1. The Balaban J connectivity index is 1.81. The third-order valence-electron chi connectivity index (χ3n) is 2.60. The number of nitrogen functional groups attached to an aromatic ring is 1. The van der Waals surface area contributed by atoms with Crippen LogP contribution < -0.4 is 11.1 Å². The highest BCUT2D eigenvalue weighted by Gasteiger charge is 2.09. The molecule has 0 spiro atoms. The van der Waals surface area contributed by atoms with Crippen LogP contribution in [-0.4, -0.2) is 27.6 Å². The van der Waals surface area contributed by atoms with Crippen molar-refractivity contribution in [2.24, 2.45) is 0 Å². The normalized spacial score (nSPS) is 10.4. The average molecular weight is 263 g/mol. The molecule has 1 amide bonds. The molecule has 1 aromatic heterocycles. The number of hydrogen-bond acceptors (Lipinski definition) is 4. The van der Waals surface area contributed by atoms with E-state index >= 15 is 0 Å². The zero-order valence-electron chi connectivity index (χ0n) is 10.2. The summed E-state index contributed by atoms with van der Waals surface area (Å²) in [6.07, 6.45) is 2.86. The number of nitrogens with one attached hydrogen (secondary N) is 2. The lowest BCUT2D eigenvalue weighted by Crippen LogP contribution is -2.25. The van der Waals surface area contributed by atoms with Crippen LogP contribution in [0, 0.1) is 5.82 Å². The topological polar surface area (TPSA) is 96.7 Å². The summed E-state index contributed by atoms with van der Waals surface area (Å²) >= 11 is 0. The molecule has 0 aliphatic heterocycles. The molecule has 2 aromatic rings. The number of H-pyrrole nitrogens is 1. The maximum atomic E-state index is 12.8. The van der Waals surface area contributed by atoms with Crippen molar-refractivity contribution in [2.45, 2.75) is 12.8 Å². The van der Waals surface area contributed by atoms with Crippen LogP contribution in [0.25, 0.3) is 0 Å². The summed E-state index contributed by atoms with van der Waals surface area (Å²) < 4.78 is 12.8. The van der Waals surface area contributed by atoms with Crippen LogP contribution in [0.3, 0.4) is 0 Å². The quantitative estimate of drug-likeness (QED) is 0.551. The van der Waals surface area contributed by atoms with Crippen molar-refractivity contribution >= 4 is 11.6 Å². The van der Waals surface area contributed by atoms with Crippen molar-refractivity contribution in [3.05, 3.63) is 41.7 Å². The molecule has 0 saturated heterocycles. The van der Waals surface area contributed by atoms with Gasteiger partial charge >= 0.3 is 0 Å². The minimum Gasteiger partial charge on any atom is -0.398 e. The van der Waals surface area contributed by atoms with Crippen molar-refractivity contribution in [3.8, 4) is 0 Å². The summed E-state index contributed by atoms with van der Waals surface area (Å²) in [4.78, 5) is 15.8. The summed E-state index contributed by atoms with van der Waals surface area (Å²) in [6.45, 7) is 0.482. The highest BCUT2D eigenvalue weighted by atomic mass is 19.1. The molecule has 100 valence electrons. The number of aromatic nitrogens is 3. The molecular formula is C12H14FN5O. The van der Waals surface area contributed by atoms with E-state index in [9.17, 15) is 9.18 Å². The molecule has 0 unspecified atom stereocenters. The van der Waals surface area contributed by atoms with Crippen LogP contribution in [0.15, 0.2) is 24.5 Å². The van der Waals surface area contributed by atoms with Crippen LogP contribution in [0.5, 0.6) is 0 Å². The number of hydrogen-bond donors (Lipinski definition) is 3. The van der Waals surface area contributed by atoms with Gasteiger partial charge in [0.25, 0.3) is 5.91 Å². The number of rotatable bonds is 5. The molecule has 0 saturated carbocycles. The molecule has 0 atom stereocenters. The van der Waals surface area contributed by atoms with Crippen LogP contribution >= 0.6 is 0 Å². The molecule has 19 heavy (non-hydrogen) atoms. The SMILES string of the molecule is Nc1cc(F)ccc1C(=O)NCCCc1ncn[nH]1. The minimum atomic E-state index is -0.459. The number of nitrogens with zero attached hydrogens (tertiary/aromatic N) is 2. The van der Waals surface area contributed by atoms with E-state index in [1.54, 1.807) is 0 Å². The van der Waals surface area contributed by atoms with E-state index in [2.05, 4.69) is 20.5 Å². The van der Waals surface area contributed by atoms with E-state index in [0.29, 0.717) is 13.0 Å². The first-order valence-electron chi connectivity index (χ1n) is 5.84. The van der Waals surface area contributed by atoms with E-state index in [1.165, 1.54) is 18.5 Å². The monoisotopic (exact) mass is 263 g/mol. The maximum absolute atomic E-state index is 12.8. The van der Waals surface area contributed by atoms with Crippen molar-refractivity contribution in [1.29, 1.82) is 0 Å². The predicted molar refractivity (Wildman–Crippen MR) is 67.8 cm³/mol. The molecule has 1 aromatic carbocycles. The molecule has 0 radical (unpaired) electrons. The molecule has 0 bridgehead atoms. The molecule has 4 N–H and O–H groups in total. The predicted octanol–water partition coefficient (Wildman–Crippen LogP) is 0.889. The summed E-state index contributed by atoms with van der Waals surface area (Å²) in [7, 11) is 0. The fourth-order valence-corrected chi connectivity index (χ4v) is 1.64. The van der Waals surface area contributed by atoms with E-state index in [4.69, 9.17) is 5.73 Å². The number of carbonyl (C=O) groups is 1. The Labute approximate surface area is 109 Å². The number of amides is 1. The van der Waals surface area contributed by atoms with Gasteiger partial charge in [0, 0.05) is 18.7 Å². The number of anilines is 1. The smallest absolute Gasteiger partial charge is 0.253 e. The molecule has 2 rings (SSSR count). The molecule has 7 heteroatoms. The Kier molecular flexibility index (Phi) is 4.07. The molecule has 0 aliphatic rings. The lowest BCUT2D eigenvalue weighted by Gasteiger charge is -2.07. The van der Waals surface area contributed by atoms with Gasteiger partial charge in [0.05, 0.1) is 5.56 Å². The Hall–Kier alpha value is -2.44. The summed E-state index contributed by atoms with van der Waals surface area (Å²) in [5.74, 6) is 0.00462. The Morgan fingerprint density at radius 1 is 1.47 bits per heavy atom. The van der Waals surface area contributed by atoms with Gasteiger partial charge < -0.3 is 11.1 Å². The molecule has 0 fully saturated rings. The highest BCUT2D eigenvalue weighted by molar-refractivity contribution is 5.99. The van der Waals surface area contributed by atoms with E-state index in [-0.39, 0.29) is 17.2 Å². The van der Waals surface area contributed by atoms with Gasteiger partial charge in [0.1, 0.15) is 18.0 Å². The second-order valence-corrected chi connectivity index (χ2v) is 4.02. The van der Waals surface area contributed by atoms with Crippen LogP contribution in [0.1, 0.15) is 22.6 Å². The largest absolute Gasteiger partial charge is 0.398 e. The number of benzene rings is 1. The van der Waals surface area contributed by atoms with Gasteiger partial charge in [-0.25, -0.2) is 9.37 Å². The van der Waals surface area contributed by atoms with E-state index in [0.717, 1.165) is 18.3 Å². The van der Waals surface area contributed by atoms with Gasteiger partial charge in [-0.05, 0) is 24.6 Å². The number of carbonyl (C=O) groups excluding carboxylic acids is 1. The fourth-order valence-electron chi connectivity index (χ4n) is 1.64. The first-order valence-corrected chi connectivity index (χ1v) is 5.84. The van der Waals surface area contributed by atoms with Crippen molar-refractivity contribution in [3.63, 3.8) is 0 Å². The maximum Gasteiger partial charge on any atom is 0.253 e. The van der Waals surface area contributed by atoms with Gasteiger partial charge in [0.2, 0.25) is 0 Å². The third kappa shape index (κ3) is 3.51. The summed E-state index contributed by atoms with van der Waals surface area (Å²) in [5.41, 5.74) is 5.99. The number of nitrogens with two attached hydrogens (primary N) is 1. The highest BCUT2D eigenvalue weighted by Crippen LogP contribution is 2.13. The summed E-state index contributed by atoms with van der Waals surface area (Å²) in [5, 5.41) is 9.18. The Bertz CT molecular complexity index is 555. The van der Waals surface area contributed by atoms with Crippen molar-refractivity contribution in [1.82, 2.24) is 20.5 Å². The van der Waals surface area contributed by atoms with Crippen molar-refractivity contribution < 1.29 is 9.18 Å². The summed E-state index contributed by atoms with van der Waals surface area (Å²) in [6, 6.07) is 3.71. The van der Waals surface area contributed by atoms with E-state index in [1.807, 2.05) is 0 Å². The first-order chi connectivity index (χ1) is 9.16. The van der Waals surface area contributed by atoms with Gasteiger partial charge in [-0.2, -0.15) is 5.10 Å². The Morgan fingerprint density at radius 2 is 2.32 bits per heavy atom. The van der Waals surface area contributed by atoms with E-state index < -0.39 is 5.82 Å². The van der Waals surface area contributed by atoms with Gasteiger partial charge in [-0.3, -0.25) is 9.89 Å². The Morgan fingerprint density at radius 3 is 3.00 bits per heavy atom. The fraction of sp³-hybridized carbons (Fsp3) is 0.250. The molecule has 1 heterocycles. The third-order valence-corrected chi connectivity index (χ3v) is 2.60. The van der Waals surface area contributed by atoms with Crippen LogP contribution in [0.2, 0.25) is 0 Å².